The van der Waals surface area contributed by atoms with E-state index in [0.717, 1.165) is 21.2 Å². The summed E-state index contributed by atoms with van der Waals surface area (Å²) in [5, 5.41) is 3.05. The predicted octanol–water partition coefficient (Wildman–Crippen LogP) is 5.11. The molecule has 1 atom stereocenters. The van der Waals surface area contributed by atoms with Crippen molar-refractivity contribution in [2.24, 2.45) is 5.92 Å². The second-order valence-corrected chi connectivity index (χ2v) is 10.9. The van der Waals surface area contributed by atoms with Crippen LogP contribution >= 0.6 is 0 Å². The average molecular weight is 511 g/mol. The van der Waals surface area contributed by atoms with Crippen molar-refractivity contribution in [2.45, 2.75) is 38.1 Å². The summed E-state index contributed by atoms with van der Waals surface area (Å²) in [5.41, 5.74) is 2.33. The quantitative estimate of drug-likeness (QED) is 0.387. The summed E-state index contributed by atoms with van der Waals surface area (Å²) < 4.78 is 38.8. The van der Waals surface area contributed by atoms with Crippen molar-refractivity contribution in [3.05, 3.63) is 83.9 Å². The van der Waals surface area contributed by atoms with Crippen LogP contribution in [-0.4, -0.2) is 35.1 Å². The smallest absolute Gasteiger partial charge is 0.264 e. The van der Waals surface area contributed by atoms with Gasteiger partial charge in [-0.3, -0.25) is 9.10 Å². The third-order valence-corrected chi connectivity index (χ3v) is 7.61. The predicted molar refractivity (Wildman–Crippen MR) is 142 cm³/mol. The number of sulfonamides is 1. The average Bonchev–Trinajstić information content (AvgIpc) is 2.87. The molecule has 0 spiro atoms. The maximum atomic E-state index is 13.6. The zero-order valence-electron chi connectivity index (χ0n) is 21.4. The van der Waals surface area contributed by atoms with Gasteiger partial charge >= 0.3 is 0 Å². The number of carbonyl (C=O) groups excluding carboxylic acids is 1. The van der Waals surface area contributed by atoms with Crippen molar-refractivity contribution in [1.29, 1.82) is 0 Å². The van der Waals surface area contributed by atoms with Gasteiger partial charge in [0.05, 0.1) is 30.8 Å². The largest absolute Gasteiger partial charge is 0.497 e. The van der Waals surface area contributed by atoms with E-state index in [4.69, 9.17) is 9.47 Å². The Kier molecular flexibility index (Phi) is 8.98. The topological polar surface area (TPSA) is 84.9 Å². The molecule has 3 aromatic carbocycles. The Morgan fingerprint density at radius 3 is 1.89 bits per heavy atom. The summed E-state index contributed by atoms with van der Waals surface area (Å²) in [5.74, 6) is 1.19. The number of amides is 1. The van der Waals surface area contributed by atoms with E-state index in [1.165, 1.54) is 19.2 Å². The van der Waals surface area contributed by atoms with E-state index in [9.17, 15) is 13.2 Å². The van der Waals surface area contributed by atoms with Crippen molar-refractivity contribution < 1.29 is 22.7 Å². The lowest BCUT2D eigenvalue weighted by atomic mass is 9.97. The van der Waals surface area contributed by atoms with Gasteiger partial charge in [-0.15, -0.1) is 0 Å². The molecule has 3 rings (SSSR count). The summed E-state index contributed by atoms with van der Waals surface area (Å²) in [6.07, 6.45) is 0.702. The first-order valence-corrected chi connectivity index (χ1v) is 13.2. The van der Waals surface area contributed by atoms with E-state index in [2.05, 4.69) is 19.2 Å². The van der Waals surface area contributed by atoms with Crippen LogP contribution in [0.25, 0.3) is 0 Å². The number of anilines is 1. The summed E-state index contributed by atoms with van der Waals surface area (Å²) in [4.78, 5) is 13.4. The monoisotopic (exact) mass is 510 g/mol. The molecule has 192 valence electrons. The molecule has 0 unspecified atom stereocenters. The van der Waals surface area contributed by atoms with E-state index < -0.39 is 15.9 Å². The molecule has 1 N–H and O–H groups in total. The van der Waals surface area contributed by atoms with Crippen LogP contribution < -0.4 is 19.1 Å². The Morgan fingerprint density at radius 1 is 0.861 bits per heavy atom. The second-order valence-electron chi connectivity index (χ2n) is 9.05. The Balaban J connectivity index is 1.91. The molecule has 0 radical (unpaired) electrons. The normalized spacial score (nSPS) is 12.2. The van der Waals surface area contributed by atoms with Crippen molar-refractivity contribution >= 4 is 21.6 Å². The molecular formula is C28H34N2O5S. The fourth-order valence-corrected chi connectivity index (χ4v) is 5.28. The highest BCUT2D eigenvalue weighted by Crippen LogP contribution is 2.27. The Bertz CT molecular complexity index is 1240. The molecule has 0 aliphatic carbocycles. The number of carbonyl (C=O) groups is 1. The third-order valence-electron chi connectivity index (χ3n) is 5.82. The number of hydrogen-bond acceptors (Lipinski definition) is 5. The minimum atomic E-state index is -4.02. The van der Waals surface area contributed by atoms with Crippen LogP contribution in [0.4, 0.5) is 5.69 Å². The number of nitrogens with one attached hydrogen (secondary N) is 1. The molecule has 0 bridgehead atoms. The van der Waals surface area contributed by atoms with Gasteiger partial charge in [0, 0.05) is 0 Å². The highest BCUT2D eigenvalue weighted by Gasteiger charge is 2.28. The summed E-state index contributed by atoms with van der Waals surface area (Å²) in [6, 6.07) is 20.4. The maximum absolute atomic E-state index is 13.6. The summed E-state index contributed by atoms with van der Waals surface area (Å²) >= 11 is 0. The molecule has 8 heteroatoms. The lowest BCUT2D eigenvalue weighted by Gasteiger charge is -2.27. The lowest BCUT2D eigenvalue weighted by Crippen LogP contribution is -2.42. The lowest BCUT2D eigenvalue weighted by molar-refractivity contribution is -0.120. The van der Waals surface area contributed by atoms with Crippen molar-refractivity contribution in [2.75, 3.05) is 25.1 Å². The van der Waals surface area contributed by atoms with Crippen LogP contribution in [0.2, 0.25) is 0 Å². The van der Waals surface area contributed by atoms with Crippen LogP contribution in [0, 0.1) is 12.8 Å². The van der Waals surface area contributed by atoms with Gasteiger partial charge in [0.25, 0.3) is 10.0 Å². The maximum Gasteiger partial charge on any atom is 0.264 e. The SMILES string of the molecule is COc1ccc([C@@H](CC(C)C)NC(=O)CN(c2ccc(C)cc2)S(=O)(=O)c2ccc(OC)cc2)cc1. The first-order chi connectivity index (χ1) is 17.1. The first-order valence-electron chi connectivity index (χ1n) is 11.8. The minimum absolute atomic E-state index is 0.0746. The zero-order valence-corrected chi connectivity index (χ0v) is 22.2. The standard InChI is InChI=1S/C28H34N2O5S/c1-20(2)18-27(22-8-12-24(34-4)13-9-22)29-28(31)19-30(23-10-6-21(3)7-11-23)36(32,33)26-16-14-25(35-5)15-17-26/h6-17,20,27H,18-19H2,1-5H3,(H,29,31)/t27-/m1/s1. The van der Waals surface area contributed by atoms with Crippen molar-refractivity contribution in [3.63, 3.8) is 0 Å². The highest BCUT2D eigenvalue weighted by molar-refractivity contribution is 7.92. The molecule has 7 nitrogen and oxygen atoms in total. The molecule has 3 aromatic rings. The number of hydrogen-bond donors (Lipinski definition) is 1. The third kappa shape index (κ3) is 6.79. The molecule has 0 aromatic heterocycles. The van der Waals surface area contributed by atoms with Crippen LogP contribution in [0.3, 0.4) is 0 Å². The van der Waals surface area contributed by atoms with Gasteiger partial charge in [0.1, 0.15) is 18.0 Å². The van der Waals surface area contributed by atoms with Gasteiger partial charge in [-0.05, 0) is 73.4 Å². The molecule has 0 saturated heterocycles. The molecule has 0 aliphatic heterocycles. The molecular weight excluding hydrogens is 476 g/mol. The van der Waals surface area contributed by atoms with E-state index in [1.54, 1.807) is 31.4 Å². The van der Waals surface area contributed by atoms with E-state index in [0.29, 0.717) is 23.8 Å². The molecule has 0 heterocycles. The second kappa shape index (κ2) is 11.9. The van der Waals surface area contributed by atoms with E-state index in [-0.39, 0.29) is 17.5 Å². The molecule has 36 heavy (non-hydrogen) atoms. The minimum Gasteiger partial charge on any atom is -0.497 e. The Labute approximate surface area is 214 Å². The molecule has 0 fully saturated rings. The fraction of sp³-hybridized carbons (Fsp3) is 0.321. The van der Waals surface area contributed by atoms with Gasteiger partial charge in [-0.25, -0.2) is 8.42 Å². The van der Waals surface area contributed by atoms with E-state index in [1.807, 2.05) is 43.3 Å². The summed E-state index contributed by atoms with van der Waals surface area (Å²) in [7, 11) is -0.900. The van der Waals surface area contributed by atoms with Crippen LogP contribution in [0.5, 0.6) is 11.5 Å². The van der Waals surface area contributed by atoms with Gasteiger partial charge in [0.15, 0.2) is 0 Å². The fourth-order valence-electron chi connectivity index (χ4n) is 3.86. The van der Waals surface area contributed by atoms with Gasteiger partial charge in [-0.1, -0.05) is 43.7 Å². The Hall–Kier alpha value is -3.52. The highest BCUT2D eigenvalue weighted by atomic mass is 32.2. The van der Waals surface area contributed by atoms with Gasteiger partial charge in [0.2, 0.25) is 5.91 Å². The van der Waals surface area contributed by atoms with E-state index >= 15 is 0 Å². The zero-order chi connectivity index (χ0) is 26.3. The molecule has 0 aliphatic rings. The molecule has 1 amide bonds. The number of methoxy groups -OCH3 is 2. The first kappa shape index (κ1) is 27.1. The Morgan fingerprint density at radius 2 is 1.39 bits per heavy atom. The van der Waals surface area contributed by atoms with Gasteiger partial charge < -0.3 is 14.8 Å². The summed E-state index contributed by atoms with van der Waals surface area (Å²) in [6.45, 7) is 5.72. The van der Waals surface area contributed by atoms with Crippen LogP contribution in [0.15, 0.2) is 77.7 Å². The number of aryl methyl sites for hydroxylation is 1. The van der Waals surface area contributed by atoms with Gasteiger partial charge in [-0.2, -0.15) is 0 Å². The number of benzene rings is 3. The van der Waals surface area contributed by atoms with Crippen LogP contribution in [-0.2, 0) is 14.8 Å². The number of rotatable bonds is 11. The molecule has 0 saturated carbocycles. The number of ether oxygens (including phenoxy) is 2. The van der Waals surface area contributed by atoms with Crippen molar-refractivity contribution in [3.8, 4) is 11.5 Å². The van der Waals surface area contributed by atoms with Crippen molar-refractivity contribution in [1.82, 2.24) is 5.32 Å². The number of nitrogens with zero attached hydrogens (tertiary/aromatic N) is 1. The van der Waals surface area contributed by atoms with Crippen LogP contribution in [0.1, 0.15) is 37.4 Å².